The fourth-order valence-corrected chi connectivity index (χ4v) is 2.71. The van der Waals surface area contributed by atoms with E-state index in [1.165, 1.54) is 36.3 Å². The van der Waals surface area contributed by atoms with Crippen LogP contribution in [0.2, 0.25) is 0 Å². The van der Waals surface area contributed by atoms with Crippen LogP contribution in [0.5, 0.6) is 0 Å². The average Bonchev–Trinajstić information content (AvgIpc) is 2.42. The summed E-state index contributed by atoms with van der Waals surface area (Å²) >= 11 is 0. The van der Waals surface area contributed by atoms with E-state index in [1.54, 1.807) is 0 Å². The predicted molar refractivity (Wildman–Crippen MR) is 84.1 cm³/mol. The molecule has 4 nitrogen and oxygen atoms in total. The minimum absolute atomic E-state index is 0.214. The molecular formula is C17H25NO3. The standard InChI is InChI=1S/C9H17NO3.C8H8/c1-5-9(6-2,8(12)13-4)10-7(3)11;1-5-3-7-4-6(2)8(5)7/h5-6H2,1-4H3,(H,10,11);3-4H,1-2H3. The van der Waals surface area contributed by atoms with Crippen molar-refractivity contribution in [2.24, 2.45) is 0 Å². The first-order valence-electron chi connectivity index (χ1n) is 7.30. The summed E-state index contributed by atoms with van der Waals surface area (Å²) in [5.74, 6) is -0.596. The number of benzene rings is 1. The molecule has 0 spiro atoms. The predicted octanol–water partition coefficient (Wildman–Crippen LogP) is 3.14. The van der Waals surface area contributed by atoms with Crippen molar-refractivity contribution in [3.8, 4) is 11.1 Å². The molecule has 0 fully saturated rings. The molecule has 0 radical (unpaired) electrons. The molecule has 2 rings (SSSR count). The van der Waals surface area contributed by atoms with Crippen molar-refractivity contribution in [3.05, 3.63) is 23.3 Å². The van der Waals surface area contributed by atoms with Crippen LogP contribution < -0.4 is 5.32 Å². The first kappa shape index (κ1) is 17.2. The number of carbonyl (C=O) groups is 2. The van der Waals surface area contributed by atoms with Gasteiger partial charge in [-0.25, -0.2) is 4.79 Å². The largest absolute Gasteiger partial charge is 0.467 e. The molecule has 0 saturated carbocycles. The third-order valence-electron chi connectivity index (χ3n) is 4.02. The summed E-state index contributed by atoms with van der Waals surface area (Å²) < 4.78 is 4.64. The van der Waals surface area contributed by atoms with Gasteiger partial charge in [0.2, 0.25) is 5.91 Å². The van der Waals surface area contributed by atoms with Crippen LogP contribution in [0.25, 0.3) is 11.1 Å². The van der Waals surface area contributed by atoms with Crippen LogP contribution in [0.1, 0.15) is 44.7 Å². The van der Waals surface area contributed by atoms with Gasteiger partial charge in [0.05, 0.1) is 7.11 Å². The topological polar surface area (TPSA) is 55.4 Å². The maximum atomic E-state index is 11.4. The molecular weight excluding hydrogens is 266 g/mol. The van der Waals surface area contributed by atoms with Crippen molar-refractivity contribution in [1.82, 2.24) is 5.32 Å². The third-order valence-corrected chi connectivity index (χ3v) is 4.02. The zero-order valence-electron chi connectivity index (χ0n) is 13.8. The molecule has 2 aliphatic carbocycles. The van der Waals surface area contributed by atoms with Gasteiger partial charge in [0.25, 0.3) is 0 Å². The maximum Gasteiger partial charge on any atom is 0.331 e. The normalized spacial score (nSPS) is 11.1. The summed E-state index contributed by atoms with van der Waals surface area (Å²) in [4.78, 5) is 22.3. The van der Waals surface area contributed by atoms with E-state index in [0.717, 1.165) is 0 Å². The van der Waals surface area contributed by atoms with E-state index in [2.05, 4.69) is 36.0 Å². The molecule has 0 aliphatic heterocycles. The molecule has 0 aromatic carbocycles. The number of methoxy groups -OCH3 is 1. The highest BCUT2D eigenvalue weighted by molar-refractivity contribution is 5.87. The number of carbonyl (C=O) groups excluding carboxylic acids is 2. The van der Waals surface area contributed by atoms with E-state index in [-0.39, 0.29) is 11.9 Å². The molecule has 0 aromatic rings. The summed E-state index contributed by atoms with van der Waals surface area (Å²) in [6, 6.07) is 4.45. The maximum absolute atomic E-state index is 11.4. The highest BCUT2D eigenvalue weighted by Gasteiger charge is 2.36. The molecule has 0 heterocycles. The van der Waals surface area contributed by atoms with Crippen LogP contribution in [0.15, 0.2) is 12.1 Å². The molecule has 1 N–H and O–H groups in total. The monoisotopic (exact) mass is 291 g/mol. The number of amides is 1. The number of hydrogen-bond acceptors (Lipinski definition) is 3. The molecule has 1 amide bonds. The molecule has 0 aromatic heterocycles. The van der Waals surface area contributed by atoms with Gasteiger partial charge in [0.1, 0.15) is 5.54 Å². The minimum Gasteiger partial charge on any atom is -0.467 e. The number of nitrogens with one attached hydrogen (secondary N) is 1. The first-order chi connectivity index (χ1) is 9.81. The third kappa shape index (κ3) is 3.43. The number of fused-ring (bicyclic) bond motifs is 1. The Balaban J connectivity index is 0.000000230. The van der Waals surface area contributed by atoms with Gasteiger partial charge in [-0.3, -0.25) is 4.79 Å². The minimum atomic E-state index is -0.847. The van der Waals surface area contributed by atoms with Crippen LogP contribution in [0.4, 0.5) is 0 Å². The molecule has 21 heavy (non-hydrogen) atoms. The molecule has 0 atom stereocenters. The molecule has 0 unspecified atom stereocenters. The van der Waals surface area contributed by atoms with Crippen molar-refractivity contribution in [3.63, 3.8) is 0 Å². The summed E-state index contributed by atoms with van der Waals surface area (Å²) in [5.41, 5.74) is 5.05. The number of ether oxygens (including phenoxy) is 1. The quantitative estimate of drug-likeness (QED) is 0.880. The second kappa shape index (κ2) is 6.74. The molecule has 2 aliphatic rings. The van der Waals surface area contributed by atoms with Crippen LogP contribution >= 0.6 is 0 Å². The van der Waals surface area contributed by atoms with Gasteiger partial charge in [-0.1, -0.05) is 26.0 Å². The summed E-state index contributed by atoms with van der Waals surface area (Å²) in [5, 5.41) is 2.63. The SMILES string of the molecule is CCC(CC)(NC(C)=O)C(=O)OC.Cc1cc2cc(C)c1-2. The van der Waals surface area contributed by atoms with Crippen molar-refractivity contribution in [2.75, 3.05) is 7.11 Å². The van der Waals surface area contributed by atoms with Crippen LogP contribution in [-0.2, 0) is 14.3 Å². The van der Waals surface area contributed by atoms with Crippen LogP contribution in [0, 0.1) is 13.8 Å². The zero-order valence-corrected chi connectivity index (χ0v) is 13.8. The van der Waals surface area contributed by atoms with Crippen molar-refractivity contribution in [2.45, 2.75) is 53.0 Å². The summed E-state index contributed by atoms with van der Waals surface area (Å²) in [6.45, 7) is 9.40. The lowest BCUT2D eigenvalue weighted by Crippen LogP contribution is -2.53. The molecule has 116 valence electrons. The van der Waals surface area contributed by atoms with Gasteiger partial charge in [-0.15, -0.1) is 0 Å². The van der Waals surface area contributed by atoms with Crippen molar-refractivity contribution >= 4 is 11.9 Å². The Hall–Kier alpha value is -1.84. The zero-order chi connectivity index (χ0) is 16.2. The molecule has 0 bridgehead atoms. The second-order valence-corrected chi connectivity index (χ2v) is 5.45. The van der Waals surface area contributed by atoms with E-state index in [4.69, 9.17) is 0 Å². The molecule has 0 saturated heterocycles. The van der Waals surface area contributed by atoms with E-state index in [1.807, 2.05) is 13.8 Å². The smallest absolute Gasteiger partial charge is 0.331 e. The average molecular weight is 291 g/mol. The lowest BCUT2D eigenvalue weighted by atomic mass is 9.82. The molecule has 4 heteroatoms. The summed E-state index contributed by atoms with van der Waals surface area (Å²) in [6.07, 6.45) is 1.07. The van der Waals surface area contributed by atoms with Crippen LogP contribution in [0.3, 0.4) is 0 Å². The Bertz CT molecular complexity index is 522. The second-order valence-electron chi connectivity index (χ2n) is 5.45. The Morgan fingerprint density at radius 3 is 1.81 bits per heavy atom. The van der Waals surface area contributed by atoms with Gasteiger partial charge in [0.15, 0.2) is 0 Å². The highest BCUT2D eigenvalue weighted by Crippen LogP contribution is 2.39. The van der Waals surface area contributed by atoms with Crippen molar-refractivity contribution < 1.29 is 14.3 Å². The lowest BCUT2D eigenvalue weighted by Gasteiger charge is -2.28. The first-order valence-corrected chi connectivity index (χ1v) is 7.30. The van der Waals surface area contributed by atoms with E-state index >= 15 is 0 Å². The van der Waals surface area contributed by atoms with Gasteiger partial charge < -0.3 is 10.1 Å². The highest BCUT2D eigenvalue weighted by atomic mass is 16.5. The van der Waals surface area contributed by atoms with E-state index < -0.39 is 5.54 Å². The van der Waals surface area contributed by atoms with E-state index in [0.29, 0.717) is 12.8 Å². The lowest BCUT2D eigenvalue weighted by molar-refractivity contribution is -0.151. The Morgan fingerprint density at radius 2 is 1.62 bits per heavy atom. The fourth-order valence-electron chi connectivity index (χ4n) is 2.71. The van der Waals surface area contributed by atoms with Crippen LogP contribution in [-0.4, -0.2) is 24.5 Å². The van der Waals surface area contributed by atoms with Gasteiger partial charge in [-0.05, 0) is 48.9 Å². The van der Waals surface area contributed by atoms with Gasteiger partial charge in [-0.2, -0.15) is 0 Å². The summed E-state index contributed by atoms with van der Waals surface area (Å²) in [7, 11) is 1.32. The van der Waals surface area contributed by atoms with Gasteiger partial charge in [0, 0.05) is 6.92 Å². The number of aryl methyl sites for hydroxylation is 2. The van der Waals surface area contributed by atoms with Crippen molar-refractivity contribution in [1.29, 1.82) is 0 Å². The Kier molecular flexibility index (Phi) is 5.53. The number of hydrogen-bond donors (Lipinski definition) is 1. The number of rotatable bonds is 4. The Morgan fingerprint density at radius 1 is 1.14 bits per heavy atom. The Labute approximate surface area is 126 Å². The van der Waals surface area contributed by atoms with Gasteiger partial charge >= 0.3 is 5.97 Å². The number of esters is 1. The van der Waals surface area contributed by atoms with E-state index in [9.17, 15) is 9.59 Å². The fraction of sp³-hybridized carbons (Fsp3) is 0.529.